The number of rotatable bonds is 9. The number of imide groups is 1. The van der Waals surface area contributed by atoms with Crippen LogP contribution in [0, 0.1) is 23.6 Å². The number of ketones is 1. The summed E-state index contributed by atoms with van der Waals surface area (Å²) in [6.07, 6.45) is 5.14. The van der Waals surface area contributed by atoms with E-state index in [4.69, 9.17) is 23.2 Å². The minimum Gasteiger partial charge on any atom is -0.355 e. The number of halogens is 3. The molecule has 1 saturated carbocycles. The minimum atomic E-state index is -1.16. The van der Waals surface area contributed by atoms with Gasteiger partial charge in [0.15, 0.2) is 5.78 Å². The molecule has 12 heteroatoms. The molecular formula is C49H44Cl2FN5O4. The van der Waals surface area contributed by atoms with E-state index in [0.717, 1.165) is 46.4 Å². The largest absolute Gasteiger partial charge is 0.355 e. The number of unbranched alkanes of at least 4 members (excludes halogenated alkanes) is 1. The third-order valence-corrected chi connectivity index (χ3v) is 14.2. The van der Waals surface area contributed by atoms with Crippen molar-refractivity contribution in [2.45, 2.75) is 93.5 Å². The molecule has 0 bridgehead atoms. The van der Waals surface area contributed by atoms with Crippen LogP contribution in [0.3, 0.4) is 0 Å². The molecule has 4 aromatic rings. The van der Waals surface area contributed by atoms with E-state index < -0.39 is 23.3 Å². The number of hydrogen-bond acceptors (Lipinski definition) is 7. The molecule has 9 nitrogen and oxygen atoms in total. The van der Waals surface area contributed by atoms with Gasteiger partial charge in [-0.25, -0.2) is 4.39 Å². The van der Waals surface area contributed by atoms with Gasteiger partial charge < -0.3 is 15.5 Å². The van der Waals surface area contributed by atoms with E-state index in [1.165, 1.54) is 0 Å². The molecule has 6 atom stereocenters. The predicted molar refractivity (Wildman–Crippen MR) is 232 cm³/mol. The molecule has 1 aliphatic carbocycles. The van der Waals surface area contributed by atoms with Crippen LogP contribution in [-0.4, -0.2) is 58.0 Å². The molecule has 310 valence electrons. The van der Waals surface area contributed by atoms with Gasteiger partial charge in [0.2, 0.25) is 17.7 Å². The molecule has 3 saturated heterocycles. The number of carbonyl (C=O) groups excluding carboxylic acids is 4. The van der Waals surface area contributed by atoms with Gasteiger partial charge in [-0.15, -0.1) is 0 Å². The lowest BCUT2D eigenvalue weighted by atomic mass is 9.73. The number of nitrogens with one attached hydrogen (secondary N) is 3. The SMILES string of the molecule is C=C1c2cccc(C#CCCCC(=O)c3ccc([C@H]4C[C@H]5[C@@H](N4)[C@H](c4cccc(Cl)c4F)[C@]4(C(=O)Nc6cc(Cl)ccc64)N5CC4CC4)cc3)c2CN1C1CCC(=O)NC1=O. The first-order chi connectivity index (χ1) is 29.5. The highest BCUT2D eigenvalue weighted by atomic mass is 35.5. The molecule has 4 fully saturated rings. The molecule has 1 unspecified atom stereocenters. The number of fused-ring (bicyclic) bond motifs is 4. The summed E-state index contributed by atoms with van der Waals surface area (Å²) in [7, 11) is 0. The average molecular weight is 857 g/mol. The normalized spacial score (nSPS) is 26.5. The Morgan fingerprint density at radius 2 is 1.77 bits per heavy atom. The Bertz CT molecular complexity index is 2600. The summed E-state index contributed by atoms with van der Waals surface area (Å²) in [5.41, 5.74) is 5.98. The Kier molecular flexibility index (Phi) is 10.1. The number of carbonyl (C=O) groups is 4. The number of amides is 3. The molecular weight excluding hydrogens is 812 g/mol. The summed E-state index contributed by atoms with van der Waals surface area (Å²) in [4.78, 5) is 56.5. The zero-order valence-corrected chi connectivity index (χ0v) is 34.9. The number of anilines is 1. The number of piperidine rings is 1. The Balaban J connectivity index is 0.828. The van der Waals surface area contributed by atoms with Crippen molar-refractivity contribution >= 4 is 58.1 Å². The van der Waals surface area contributed by atoms with Crippen molar-refractivity contribution < 1.29 is 23.6 Å². The molecule has 0 radical (unpaired) electrons. The topological polar surface area (TPSA) is 111 Å². The van der Waals surface area contributed by atoms with Gasteiger partial charge in [-0.2, -0.15) is 0 Å². The van der Waals surface area contributed by atoms with E-state index in [0.29, 0.717) is 79.4 Å². The molecule has 61 heavy (non-hydrogen) atoms. The molecule has 5 aliphatic heterocycles. The van der Waals surface area contributed by atoms with Gasteiger partial charge in [0.05, 0.1) is 5.02 Å². The van der Waals surface area contributed by atoms with Crippen LogP contribution < -0.4 is 16.0 Å². The maximum absolute atomic E-state index is 16.2. The molecule has 1 spiro atoms. The number of nitrogens with zero attached hydrogens (tertiary/aromatic N) is 2. The molecule has 3 amide bonds. The number of benzene rings is 4. The predicted octanol–water partition coefficient (Wildman–Crippen LogP) is 8.26. The summed E-state index contributed by atoms with van der Waals surface area (Å²) in [6, 6.07) is 23.3. The van der Waals surface area contributed by atoms with E-state index in [2.05, 4.69) is 39.3 Å². The van der Waals surface area contributed by atoms with Crippen LogP contribution in [-0.2, 0) is 26.5 Å². The van der Waals surface area contributed by atoms with Crippen molar-refractivity contribution in [2.75, 3.05) is 11.9 Å². The fourth-order valence-electron chi connectivity index (χ4n) is 10.7. The lowest BCUT2D eigenvalue weighted by molar-refractivity contribution is -0.136. The monoisotopic (exact) mass is 855 g/mol. The zero-order chi connectivity index (χ0) is 42.2. The van der Waals surface area contributed by atoms with Crippen LogP contribution in [0.15, 0.2) is 85.4 Å². The van der Waals surface area contributed by atoms with Crippen molar-refractivity contribution in [1.29, 1.82) is 0 Å². The molecule has 6 aliphatic rings. The molecule has 10 rings (SSSR count). The second-order valence-corrected chi connectivity index (χ2v) is 18.1. The van der Waals surface area contributed by atoms with Crippen LogP contribution in [0.25, 0.3) is 5.70 Å². The summed E-state index contributed by atoms with van der Waals surface area (Å²) >= 11 is 12.8. The van der Waals surface area contributed by atoms with Gasteiger partial charge >= 0.3 is 0 Å². The summed E-state index contributed by atoms with van der Waals surface area (Å²) in [6.45, 7) is 5.46. The smallest absolute Gasteiger partial charge is 0.250 e. The number of hydrogen-bond donors (Lipinski definition) is 3. The summed E-state index contributed by atoms with van der Waals surface area (Å²) in [5, 5.41) is 9.96. The summed E-state index contributed by atoms with van der Waals surface area (Å²) in [5.74, 6) is 5.23. The van der Waals surface area contributed by atoms with Crippen LogP contribution in [0.5, 0.6) is 0 Å². The van der Waals surface area contributed by atoms with E-state index in [-0.39, 0.29) is 46.7 Å². The Hall–Kier alpha value is -5.31. The van der Waals surface area contributed by atoms with Crippen LogP contribution in [0.4, 0.5) is 10.1 Å². The Morgan fingerprint density at radius 1 is 0.967 bits per heavy atom. The van der Waals surface area contributed by atoms with Crippen molar-refractivity contribution in [3.05, 3.63) is 140 Å². The fraction of sp³-hybridized carbons (Fsp3) is 0.347. The maximum Gasteiger partial charge on any atom is 0.250 e. The first-order valence-corrected chi connectivity index (χ1v) is 21.9. The van der Waals surface area contributed by atoms with E-state index in [1.54, 1.807) is 30.3 Å². The standard InChI is InChI=1S/C49H44Cl2FN5O4/c1-27-33-9-5-8-29(35(33)26-56(27)40-21-22-43(59)55-47(40)60)7-3-2-4-12-42(58)31-17-15-30(16-18-31)38-24-41-46(53-38)44(34-10-6-11-37(51)45(34)52)49(57(41)25-28-13-14-28)36-20-19-32(50)23-39(36)54-48(49)61/h5-6,8-11,15-20,23,28,38,40-41,44,46,53H,1-2,4,12-14,21-22,24-26H2,(H,54,61)(H,55,59,60)/t38-,40?,41+,44+,46-,49-/m1/s1. The van der Waals surface area contributed by atoms with Crippen molar-refractivity contribution in [1.82, 2.24) is 20.4 Å². The highest BCUT2D eigenvalue weighted by molar-refractivity contribution is 6.31. The van der Waals surface area contributed by atoms with Gasteiger partial charge in [0.25, 0.3) is 0 Å². The fourth-order valence-corrected chi connectivity index (χ4v) is 11.0. The number of likely N-dealkylation sites (tertiary alicyclic amines) is 1. The molecule has 5 heterocycles. The van der Waals surface area contributed by atoms with Crippen LogP contribution >= 0.6 is 23.2 Å². The second-order valence-electron chi connectivity index (χ2n) is 17.2. The van der Waals surface area contributed by atoms with Crippen LogP contribution in [0.1, 0.15) is 107 Å². The van der Waals surface area contributed by atoms with Crippen molar-refractivity contribution in [3.8, 4) is 11.8 Å². The highest BCUT2D eigenvalue weighted by Crippen LogP contribution is 2.61. The molecule has 3 N–H and O–H groups in total. The van der Waals surface area contributed by atoms with Crippen LogP contribution in [0.2, 0.25) is 10.0 Å². The Morgan fingerprint density at radius 3 is 2.56 bits per heavy atom. The van der Waals surface area contributed by atoms with E-state index in [9.17, 15) is 19.2 Å². The van der Waals surface area contributed by atoms with Crippen molar-refractivity contribution in [3.63, 3.8) is 0 Å². The molecule has 0 aromatic heterocycles. The third kappa shape index (κ3) is 6.78. The maximum atomic E-state index is 16.2. The Labute approximate surface area is 364 Å². The zero-order valence-electron chi connectivity index (χ0n) is 33.4. The minimum absolute atomic E-state index is 0.0208. The first kappa shape index (κ1) is 39.8. The van der Waals surface area contributed by atoms with E-state index >= 15 is 4.39 Å². The second kappa shape index (κ2) is 15.5. The lowest BCUT2D eigenvalue weighted by Crippen LogP contribution is -2.53. The molecule has 4 aromatic carbocycles. The quantitative estimate of drug-likeness (QED) is 0.0674. The third-order valence-electron chi connectivity index (χ3n) is 13.7. The first-order valence-electron chi connectivity index (χ1n) is 21.1. The van der Waals surface area contributed by atoms with E-state index in [1.807, 2.05) is 53.4 Å². The lowest BCUT2D eigenvalue weighted by Gasteiger charge is -2.41. The van der Waals surface area contributed by atoms with Gasteiger partial charge in [0, 0.05) is 95.1 Å². The highest BCUT2D eigenvalue weighted by Gasteiger charge is 2.69. The van der Waals surface area contributed by atoms with Gasteiger partial charge in [0.1, 0.15) is 17.4 Å². The van der Waals surface area contributed by atoms with Crippen molar-refractivity contribution in [2.24, 2.45) is 5.92 Å². The van der Waals surface area contributed by atoms with Gasteiger partial charge in [-0.1, -0.05) is 96.2 Å². The summed E-state index contributed by atoms with van der Waals surface area (Å²) < 4.78 is 16.2. The van der Waals surface area contributed by atoms with Gasteiger partial charge in [-0.05, 0) is 79.0 Å². The van der Waals surface area contributed by atoms with Gasteiger partial charge in [-0.3, -0.25) is 29.4 Å². The average Bonchev–Trinajstić information content (AvgIpc) is 3.65. The number of Topliss-reactive ketones (excluding diaryl/α,β-unsaturated/α-hetero) is 1.